The molecule has 0 bridgehead atoms. The van der Waals surface area contributed by atoms with Gasteiger partial charge >= 0.3 is 5.97 Å². The summed E-state index contributed by atoms with van der Waals surface area (Å²) in [6.45, 7) is 0. The minimum absolute atomic E-state index is 0.0367. The van der Waals surface area contributed by atoms with Gasteiger partial charge in [0.1, 0.15) is 18.1 Å². The quantitative estimate of drug-likeness (QED) is 0.116. The van der Waals surface area contributed by atoms with Gasteiger partial charge in [0.15, 0.2) is 0 Å². The molecule has 0 heterocycles. The number of amides is 5. The molecule has 37 heavy (non-hydrogen) atoms. The van der Waals surface area contributed by atoms with E-state index in [1.165, 1.54) is 11.8 Å². The molecular formula is C23H34N6O7S. The molecule has 0 spiro atoms. The summed E-state index contributed by atoms with van der Waals surface area (Å²) in [5, 5.41) is 16.5. The third kappa shape index (κ3) is 12.2. The molecule has 0 saturated carbocycles. The lowest BCUT2D eigenvalue weighted by Gasteiger charge is -2.25. The van der Waals surface area contributed by atoms with Gasteiger partial charge in [0.25, 0.3) is 0 Å². The Balaban J connectivity index is 3.13. The number of thioether (sulfide) groups is 1. The minimum atomic E-state index is -1.61. The zero-order valence-corrected chi connectivity index (χ0v) is 21.3. The highest BCUT2D eigenvalue weighted by atomic mass is 32.2. The van der Waals surface area contributed by atoms with E-state index in [2.05, 4.69) is 16.0 Å². The third-order valence-electron chi connectivity index (χ3n) is 5.22. The van der Waals surface area contributed by atoms with Gasteiger partial charge in [-0.05, 0) is 30.4 Å². The Kier molecular flexibility index (Phi) is 13.7. The lowest BCUT2D eigenvalue weighted by molar-refractivity contribution is -0.143. The lowest BCUT2D eigenvalue weighted by atomic mass is 10.0. The monoisotopic (exact) mass is 538 g/mol. The van der Waals surface area contributed by atoms with Gasteiger partial charge in [-0.3, -0.25) is 24.0 Å². The van der Waals surface area contributed by atoms with E-state index in [0.717, 1.165) is 0 Å². The number of nitrogens with one attached hydrogen (secondary N) is 3. The number of nitrogens with two attached hydrogens (primary N) is 3. The molecule has 1 aromatic rings. The van der Waals surface area contributed by atoms with Crippen molar-refractivity contribution < 1.29 is 33.9 Å². The highest BCUT2D eigenvalue weighted by Crippen LogP contribution is 2.07. The van der Waals surface area contributed by atoms with E-state index in [1.54, 1.807) is 30.3 Å². The predicted molar refractivity (Wildman–Crippen MR) is 137 cm³/mol. The van der Waals surface area contributed by atoms with E-state index < -0.39 is 66.1 Å². The van der Waals surface area contributed by atoms with Crippen molar-refractivity contribution in [2.45, 2.75) is 56.3 Å². The first kappa shape index (κ1) is 31.4. The summed E-state index contributed by atoms with van der Waals surface area (Å²) in [5.74, 6) is -4.82. The van der Waals surface area contributed by atoms with E-state index in [-0.39, 0.29) is 19.3 Å². The number of rotatable bonds is 17. The van der Waals surface area contributed by atoms with E-state index in [1.807, 2.05) is 6.26 Å². The van der Waals surface area contributed by atoms with E-state index in [4.69, 9.17) is 17.2 Å². The summed E-state index contributed by atoms with van der Waals surface area (Å²) in [5.41, 5.74) is 16.8. The Morgan fingerprint density at radius 2 is 1.41 bits per heavy atom. The van der Waals surface area contributed by atoms with Crippen LogP contribution in [0.1, 0.15) is 31.2 Å². The van der Waals surface area contributed by atoms with Gasteiger partial charge in [0, 0.05) is 12.8 Å². The van der Waals surface area contributed by atoms with Gasteiger partial charge in [-0.25, -0.2) is 4.79 Å². The Morgan fingerprint density at radius 3 is 1.95 bits per heavy atom. The molecular weight excluding hydrogens is 504 g/mol. The molecule has 0 aromatic heterocycles. The molecule has 0 saturated heterocycles. The van der Waals surface area contributed by atoms with Gasteiger partial charge in [0.2, 0.25) is 29.5 Å². The van der Waals surface area contributed by atoms with Crippen LogP contribution >= 0.6 is 11.8 Å². The molecule has 0 aliphatic carbocycles. The van der Waals surface area contributed by atoms with Crippen LogP contribution in [0, 0.1) is 0 Å². The summed E-state index contributed by atoms with van der Waals surface area (Å²) in [7, 11) is 0. The number of carbonyl (C=O) groups excluding carboxylic acids is 5. The molecule has 0 fully saturated rings. The number of primary amides is 2. The molecule has 204 valence electrons. The lowest BCUT2D eigenvalue weighted by Crippen LogP contribution is -2.58. The average molecular weight is 539 g/mol. The number of aliphatic carboxylic acids is 1. The van der Waals surface area contributed by atoms with Crippen LogP contribution in [0.3, 0.4) is 0 Å². The van der Waals surface area contributed by atoms with Crippen molar-refractivity contribution in [3.8, 4) is 0 Å². The van der Waals surface area contributed by atoms with Crippen LogP contribution in [0.2, 0.25) is 0 Å². The second-order valence-electron chi connectivity index (χ2n) is 8.27. The fraction of sp³-hybridized carbons (Fsp3) is 0.478. The fourth-order valence-corrected chi connectivity index (χ4v) is 3.70. The minimum Gasteiger partial charge on any atom is -0.480 e. The van der Waals surface area contributed by atoms with E-state index in [0.29, 0.717) is 17.7 Å². The molecule has 13 nitrogen and oxygen atoms in total. The van der Waals surface area contributed by atoms with Crippen molar-refractivity contribution in [3.63, 3.8) is 0 Å². The zero-order valence-electron chi connectivity index (χ0n) is 20.5. The van der Waals surface area contributed by atoms with Gasteiger partial charge in [-0.2, -0.15) is 11.8 Å². The fourth-order valence-electron chi connectivity index (χ4n) is 3.22. The van der Waals surface area contributed by atoms with Gasteiger partial charge in [0.05, 0.1) is 12.5 Å². The van der Waals surface area contributed by atoms with Crippen LogP contribution in [0.5, 0.6) is 0 Å². The van der Waals surface area contributed by atoms with Crippen molar-refractivity contribution in [2.75, 3.05) is 12.0 Å². The summed E-state index contributed by atoms with van der Waals surface area (Å²) < 4.78 is 0. The average Bonchev–Trinajstić information content (AvgIpc) is 2.83. The largest absolute Gasteiger partial charge is 0.480 e. The summed E-state index contributed by atoms with van der Waals surface area (Å²) >= 11 is 1.49. The SMILES string of the molecule is CSCCC(N)C(=O)NC(CCC(N)=O)C(=O)NC(Cc1ccccc1)C(=O)NC(CC(N)=O)C(=O)O. The molecule has 5 amide bonds. The number of carboxylic acid groups (broad SMARTS) is 1. The maximum atomic E-state index is 13.1. The van der Waals surface area contributed by atoms with Crippen molar-refractivity contribution in [2.24, 2.45) is 17.2 Å². The number of benzene rings is 1. The zero-order chi connectivity index (χ0) is 28.0. The highest BCUT2D eigenvalue weighted by Gasteiger charge is 2.31. The van der Waals surface area contributed by atoms with Crippen LogP contribution in [-0.2, 0) is 35.2 Å². The molecule has 4 atom stereocenters. The Morgan fingerprint density at radius 1 is 0.838 bits per heavy atom. The van der Waals surface area contributed by atoms with E-state index >= 15 is 0 Å². The maximum Gasteiger partial charge on any atom is 0.326 e. The summed E-state index contributed by atoms with van der Waals surface area (Å²) in [6, 6.07) is 3.53. The Labute approximate surface area is 218 Å². The third-order valence-corrected chi connectivity index (χ3v) is 5.86. The first-order chi connectivity index (χ1) is 17.4. The van der Waals surface area contributed by atoms with Crippen LogP contribution in [-0.4, -0.2) is 76.8 Å². The molecule has 1 aromatic carbocycles. The Bertz CT molecular complexity index is 962. The van der Waals surface area contributed by atoms with Gasteiger partial charge in [-0.1, -0.05) is 30.3 Å². The first-order valence-electron chi connectivity index (χ1n) is 11.4. The smallest absolute Gasteiger partial charge is 0.326 e. The topological polar surface area (TPSA) is 237 Å². The molecule has 1 rings (SSSR count). The maximum absolute atomic E-state index is 13.1. The first-order valence-corrected chi connectivity index (χ1v) is 12.8. The number of carboxylic acids is 1. The molecule has 0 aliphatic rings. The number of hydrogen-bond acceptors (Lipinski definition) is 8. The second kappa shape index (κ2) is 16.2. The van der Waals surface area contributed by atoms with Crippen LogP contribution in [0.15, 0.2) is 30.3 Å². The highest BCUT2D eigenvalue weighted by molar-refractivity contribution is 7.98. The van der Waals surface area contributed by atoms with Crippen LogP contribution in [0.25, 0.3) is 0 Å². The number of carbonyl (C=O) groups is 6. The van der Waals surface area contributed by atoms with E-state index in [9.17, 15) is 33.9 Å². The van der Waals surface area contributed by atoms with Crippen LogP contribution < -0.4 is 33.2 Å². The summed E-state index contributed by atoms with van der Waals surface area (Å²) in [6.07, 6.45) is 1.13. The molecule has 0 aliphatic heterocycles. The van der Waals surface area contributed by atoms with Gasteiger partial charge < -0.3 is 38.3 Å². The second-order valence-corrected chi connectivity index (χ2v) is 9.26. The van der Waals surface area contributed by atoms with Crippen molar-refractivity contribution >= 4 is 47.3 Å². The predicted octanol–water partition coefficient (Wildman–Crippen LogP) is -2.01. The molecule has 14 heteroatoms. The van der Waals surface area contributed by atoms with Crippen molar-refractivity contribution in [1.82, 2.24) is 16.0 Å². The molecule has 4 unspecified atom stereocenters. The van der Waals surface area contributed by atoms with Crippen LogP contribution in [0.4, 0.5) is 0 Å². The normalized spacial score (nSPS) is 13.9. The standard InChI is InChI=1S/C23H34N6O7S/c1-37-10-9-14(24)20(32)27-15(7-8-18(25)30)21(33)28-16(11-13-5-3-2-4-6-13)22(34)29-17(23(35)36)12-19(26)31/h2-6,14-17H,7-12,24H2,1H3,(H2,25,30)(H2,26,31)(H,27,32)(H,28,33)(H,29,34)(H,35,36). The van der Waals surface area contributed by atoms with Crippen molar-refractivity contribution in [3.05, 3.63) is 35.9 Å². The molecule has 10 N–H and O–H groups in total. The number of hydrogen-bond donors (Lipinski definition) is 7. The Hall–Kier alpha value is -3.65. The summed E-state index contributed by atoms with van der Waals surface area (Å²) in [4.78, 5) is 72.7. The van der Waals surface area contributed by atoms with Gasteiger partial charge in [-0.15, -0.1) is 0 Å². The van der Waals surface area contributed by atoms with Crippen molar-refractivity contribution in [1.29, 1.82) is 0 Å². The molecule has 0 radical (unpaired) electrons.